The zero-order valence-electron chi connectivity index (χ0n) is 13.1. The van der Waals surface area contributed by atoms with Gasteiger partial charge in [-0.2, -0.15) is 0 Å². The maximum Gasteiger partial charge on any atom is 0.144 e. The third kappa shape index (κ3) is 3.77. The van der Waals surface area contributed by atoms with Crippen molar-refractivity contribution in [3.05, 3.63) is 29.3 Å². The molecule has 0 unspecified atom stereocenters. The summed E-state index contributed by atoms with van der Waals surface area (Å²) in [6, 6.07) is 1.71. The van der Waals surface area contributed by atoms with E-state index in [9.17, 15) is 4.39 Å². The molecule has 0 saturated heterocycles. The lowest BCUT2D eigenvalue weighted by Crippen LogP contribution is -2.20. The first-order chi connectivity index (χ1) is 9.00. The maximum absolute atomic E-state index is 14.2. The highest BCUT2D eigenvalue weighted by Crippen LogP contribution is 2.31. The lowest BCUT2D eigenvalue weighted by atomic mass is 9.78. The third-order valence-corrected chi connectivity index (χ3v) is 4.81. The Balaban J connectivity index is 2.97. The first-order valence-electron chi connectivity index (χ1n) is 7.65. The Bertz CT molecular complexity index is 392. The van der Waals surface area contributed by atoms with Crippen LogP contribution in [-0.2, 0) is 11.8 Å². The molecule has 2 heteroatoms. The normalized spacial score (nSPS) is 12.2. The van der Waals surface area contributed by atoms with Gasteiger partial charge in [0.1, 0.15) is 5.82 Å². The molecule has 1 nitrogen and oxygen atoms in total. The van der Waals surface area contributed by atoms with E-state index in [-0.39, 0.29) is 11.2 Å². The van der Waals surface area contributed by atoms with E-state index < -0.39 is 0 Å². The number of pyridine rings is 1. The van der Waals surface area contributed by atoms with E-state index in [0.717, 1.165) is 37.7 Å². The average Bonchev–Trinajstić information content (AvgIpc) is 2.45. The fourth-order valence-corrected chi connectivity index (χ4v) is 2.46. The van der Waals surface area contributed by atoms with Crippen molar-refractivity contribution in [1.82, 2.24) is 4.98 Å². The van der Waals surface area contributed by atoms with E-state index in [1.807, 2.05) is 6.20 Å². The van der Waals surface area contributed by atoms with Gasteiger partial charge in [-0.1, -0.05) is 47.5 Å². The molecule has 0 aromatic carbocycles. The number of halogens is 1. The Labute approximate surface area is 117 Å². The van der Waals surface area contributed by atoms with Gasteiger partial charge in [0.2, 0.25) is 0 Å². The summed E-state index contributed by atoms with van der Waals surface area (Å²) in [5.74, 6) is 0.411. The minimum absolute atomic E-state index is 0.0429. The van der Waals surface area contributed by atoms with Crippen LogP contribution in [0.25, 0.3) is 0 Å². The van der Waals surface area contributed by atoms with Crippen LogP contribution in [0.5, 0.6) is 0 Å². The Hall–Kier alpha value is -0.920. The van der Waals surface area contributed by atoms with Crippen molar-refractivity contribution in [1.29, 1.82) is 0 Å². The van der Waals surface area contributed by atoms with Gasteiger partial charge >= 0.3 is 0 Å². The van der Waals surface area contributed by atoms with Crippen molar-refractivity contribution in [2.75, 3.05) is 0 Å². The zero-order chi connectivity index (χ0) is 14.5. The van der Waals surface area contributed by atoms with Crippen molar-refractivity contribution in [3.8, 4) is 0 Å². The molecule has 0 aliphatic heterocycles. The molecule has 1 rings (SSSR count). The van der Waals surface area contributed by atoms with E-state index in [0.29, 0.717) is 11.6 Å². The molecule has 0 aliphatic rings. The minimum atomic E-state index is -0.127. The van der Waals surface area contributed by atoms with Crippen LogP contribution in [0, 0.1) is 11.7 Å². The highest BCUT2D eigenvalue weighted by atomic mass is 19.1. The first kappa shape index (κ1) is 16.1. The molecular weight excluding hydrogens is 237 g/mol. The van der Waals surface area contributed by atoms with Crippen LogP contribution in [0.1, 0.15) is 71.6 Å². The number of aromatic nitrogens is 1. The molecule has 0 aliphatic carbocycles. The predicted molar refractivity (Wildman–Crippen MR) is 79.9 cm³/mol. The van der Waals surface area contributed by atoms with Crippen molar-refractivity contribution < 1.29 is 4.39 Å². The Morgan fingerprint density at radius 3 is 2.16 bits per heavy atom. The van der Waals surface area contributed by atoms with E-state index in [4.69, 9.17) is 0 Å². The Morgan fingerprint density at radius 2 is 1.74 bits per heavy atom. The molecule has 0 fully saturated rings. The van der Waals surface area contributed by atoms with Gasteiger partial charge in [-0.25, -0.2) is 4.39 Å². The second kappa shape index (κ2) is 7.02. The van der Waals surface area contributed by atoms with Crippen LogP contribution < -0.4 is 0 Å². The van der Waals surface area contributed by atoms with E-state index in [1.165, 1.54) is 0 Å². The third-order valence-electron chi connectivity index (χ3n) is 4.81. The molecule has 1 aromatic rings. The second-order valence-electron chi connectivity index (χ2n) is 5.81. The summed E-state index contributed by atoms with van der Waals surface area (Å²) < 4.78 is 14.2. The van der Waals surface area contributed by atoms with Gasteiger partial charge in [0.15, 0.2) is 0 Å². The summed E-state index contributed by atoms with van der Waals surface area (Å²) in [6.07, 6.45) is 6.83. The monoisotopic (exact) mass is 265 g/mol. The van der Waals surface area contributed by atoms with Gasteiger partial charge in [0, 0.05) is 6.20 Å². The van der Waals surface area contributed by atoms with E-state index >= 15 is 0 Å². The molecule has 0 spiro atoms. The highest BCUT2D eigenvalue weighted by molar-refractivity contribution is 5.24. The summed E-state index contributed by atoms with van der Waals surface area (Å²) in [4.78, 5) is 4.40. The summed E-state index contributed by atoms with van der Waals surface area (Å²) in [5.41, 5.74) is 1.71. The van der Waals surface area contributed by atoms with Gasteiger partial charge in [-0.15, -0.1) is 0 Å². The molecule has 0 radical (unpaired) electrons. The number of hydrogen-bond donors (Lipinski definition) is 0. The predicted octanol–water partition coefficient (Wildman–Crippen LogP) is 5.28. The lowest BCUT2D eigenvalue weighted by Gasteiger charge is -2.27. The van der Waals surface area contributed by atoms with Crippen LogP contribution in [0.15, 0.2) is 12.3 Å². The Kier molecular flexibility index (Phi) is 5.96. The molecular formula is C17H28FN. The summed E-state index contributed by atoms with van der Waals surface area (Å²) in [6.45, 7) is 10.8. The van der Waals surface area contributed by atoms with Crippen LogP contribution in [0.3, 0.4) is 0 Å². The van der Waals surface area contributed by atoms with Crippen LogP contribution in [-0.4, -0.2) is 4.98 Å². The largest absolute Gasteiger partial charge is 0.258 e. The molecule has 1 aromatic heterocycles. The molecule has 19 heavy (non-hydrogen) atoms. The van der Waals surface area contributed by atoms with Crippen LogP contribution in [0.2, 0.25) is 0 Å². The number of hydrogen-bond acceptors (Lipinski definition) is 1. The number of nitrogens with zero attached hydrogens (tertiary/aromatic N) is 1. The van der Waals surface area contributed by atoms with Gasteiger partial charge in [-0.05, 0) is 42.2 Å². The molecule has 0 amide bonds. The molecule has 0 saturated carbocycles. The van der Waals surface area contributed by atoms with Crippen LogP contribution in [0.4, 0.5) is 4.39 Å². The van der Waals surface area contributed by atoms with Crippen molar-refractivity contribution in [2.45, 2.75) is 72.1 Å². The average molecular weight is 265 g/mol. The summed E-state index contributed by atoms with van der Waals surface area (Å²) >= 11 is 0. The quantitative estimate of drug-likeness (QED) is 0.654. The van der Waals surface area contributed by atoms with Gasteiger partial charge in [0.05, 0.1) is 5.69 Å². The molecule has 108 valence electrons. The maximum atomic E-state index is 14.2. The fourth-order valence-electron chi connectivity index (χ4n) is 2.46. The van der Waals surface area contributed by atoms with E-state index in [2.05, 4.69) is 39.6 Å². The molecule has 1 heterocycles. The van der Waals surface area contributed by atoms with Gasteiger partial charge in [-0.3, -0.25) is 4.98 Å². The summed E-state index contributed by atoms with van der Waals surface area (Å²) in [5, 5.41) is 0. The first-order valence-corrected chi connectivity index (χ1v) is 7.65. The SMILES string of the molecule is CCC(CC)Cc1ncc(C(C)(CC)CC)cc1F. The standard InChI is InChI=1S/C17H28FN/c1-6-13(7-2)10-16-15(18)11-14(12-19-16)17(5,8-3)9-4/h11-13H,6-10H2,1-5H3. The van der Waals surface area contributed by atoms with E-state index in [1.54, 1.807) is 6.07 Å². The lowest BCUT2D eigenvalue weighted by molar-refractivity contribution is 0.429. The number of rotatable bonds is 7. The highest BCUT2D eigenvalue weighted by Gasteiger charge is 2.24. The minimum Gasteiger partial charge on any atom is -0.258 e. The van der Waals surface area contributed by atoms with Gasteiger partial charge < -0.3 is 0 Å². The second-order valence-corrected chi connectivity index (χ2v) is 5.81. The molecule has 0 atom stereocenters. The smallest absolute Gasteiger partial charge is 0.144 e. The molecule has 0 bridgehead atoms. The van der Waals surface area contributed by atoms with Crippen molar-refractivity contribution >= 4 is 0 Å². The zero-order valence-corrected chi connectivity index (χ0v) is 13.1. The molecule has 0 N–H and O–H groups in total. The van der Waals surface area contributed by atoms with Crippen molar-refractivity contribution in [2.24, 2.45) is 5.92 Å². The topological polar surface area (TPSA) is 12.9 Å². The van der Waals surface area contributed by atoms with Crippen molar-refractivity contribution in [3.63, 3.8) is 0 Å². The Morgan fingerprint density at radius 1 is 1.16 bits per heavy atom. The summed E-state index contributed by atoms with van der Waals surface area (Å²) in [7, 11) is 0. The fraction of sp³-hybridized carbons (Fsp3) is 0.706. The van der Waals surface area contributed by atoms with Crippen LogP contribution >= 0.6 is 0 Å². The van der Waals surface area contributed by atoms with Gasteiger partial charge in [0.25, 0.3) is 0 Å².